The SMILES string of the molecule is FCc1nnn2ccc(Cl)cc12. The van der Waals surface area contributed by atoms with Crippen molar-refractivity contribution in [1.29, 1.82) is 0 Å². The molecule has 0 N–H and O–H groups in total. The van der Waals surface area contributed by atoms with Gasteiger partial charge in [0.25, 0.3) is 0 Å². The smallest absolute Gasteiger partial charge is 0.136 e. The minimum atomic E-state index is -0.621. The van der Waals surface area contributed by atoms with Gasteiger partial charge in [0.05, 0.1) is 5.52 Å². The Bertz CT molecular complexity index is 412. The minimum Gasteiger partial charge on any atom is -0.244 e. The molecule has 0 aliphatic carbocycles. The summed E-state index contributed by atoms with van der Waals surface area (Å²) in [7, 11) is 0. The van der Waals surface area contributed by atoms with Crippen LogP contribution in [0.15, 0.2) is 18.3 Å². The van der Waals surface area contributed by atoms with E-state index < -0.39 is 6.67 Å². The van der Waals surface area contributed by atoms with E-state index in [1.54, 1.807) is 18.3 Å². The van der Waals surface area contributed by atoms with Crippen molar-refractivity contribution in [1.82, 2.24) is 14.8 Å². The third kappa shape index (κ3) is 1.04. The molecular weight excluding hydrogens is 181 g/mol. The molecule has 0 amide bonds. The highest BCUT2D eigenvalue weighted by molar-refractivity contribution is 6.30. The molecular formula is C7H5ClFN3. The summed E-state index contributed by atoms with van der Waals surface area (Å²) in [5.41, 5.74) is 0.933. The molecule has 2 aromatic rings. The van der Waals surface area contributed by atoms with Crippen molar-refractivity contribution < 1.29 is 4.39 Å². The van der Waals surface area contributed by atoms with E-state index in [4.69, 9.17) is 11.6 Å². The van der Waals surface area contributed by atoms with Crippen LogP contribution in [0.2, 0.25) is 5.02 Å². The molecule has 0 unspecified atom stereocenters. The van der Waals surface area contributed by atoms with Gasteiger partial charge in [-0.1, -0.05) is 16.8 Å². The first-order chi connectivity index (χ1) is 5.81. The van der Waals surface area contributed by atoms with Crippen molar-refractivity contribution in [2.45, 2.75) is 6.67 Å². The van der Waals surface area contributed by atoms with E-state index in [0.717, 1.165) is 0 Å². The number of hydrogen-bond acceptors (Lipinski definition) is 2. The van der Waals surface area contributed by atoms with Gasteiger partial charge in [-0.25, -0.2) is 8.91 Å². The monoisotopic (exact) mass is 185 g/mol. The standard InChI is InChI=1S/C7H5ClFN3/c8-5-1-2-12-7(3-5)6(4-9)10-11-12/h1-3H,4H2. The van der Waals surface area contributed by atoms with Gasteiger partial charge >= 0.3 is 0 Å². The molecule has 0 spiro atoms. The lowest BCUT2D eigenvalue weighted by atomic mass is 10.3. The van der Waals surface area contributed by atoms with E-state index in [1.165, 1.54) is 4.52 Å². The molecule has 0 saturated carbocycles. The summed E-state index contributed by atoms with van der Waals surface area (Å²) in [4.78, 5) is 0. The summed E-state index contributed by atoms with van der Waals surface area (Å²) in [5.74, 6) is 0. The van der Waals surface area contributed by atoms with E-state index >= 15 is 0 Å². The number of nitrogens with zero attached hydrogens (tertiary/aromatic N) is 3. The summed E-state index contributed by atoms with van der Waals surface area (Å²) in [6.07, 6.45) is 1.64. The number of pyridine rings is 1. The number of rotatable bonds is 1. The Morgan fingerprint density at radius 1 is 1.58 bits per heavy atom. The van der Waals surface area contributed by atoms with Crippen LogP contribution in [0.5, 0.6) is 0 Å². The number of alkyl halides is 1. The van der Waals surface area contributed by atoms with Crippen molar-refractivity contribution in [3.63, 3.8) is 0 Å². The van der Waals surface area contributed by atoms with E-state index in [9.17, 15) is 4.39 Å². The van der Waals surface area contributed by atoms with E-state index in [2.05, 4.69) is 10.3 Å². The maximum atomic E-state index is 12.3. The molecule has 2 rings (SSSR count). The van der Waals surface area contributed by atoms with Crippen LogP contribution in [0.1, 0.15) is 5.69 Å². The zero-order valence-electron chi connectivity index (χ0n) is 6.04. The predicted octanol–water partition coefficient (Wildman–Crippen LogP) is 1.85. The molecule has 2 aromatic heterocycles. The fourth-order valence-electron chi connectivity index (χ4n) is 1.01. The fraction of sp³-hybridized carbons (Fsp3) is 0.143. The average molecular weight is 186 g/mol. The Morgan fingerprint density at radius 3 is 3.17 bits per heavy atom. The molecule has 5 heteroatoms. The van der Waals surface area contributed by atoms with Gasteiger partial charge in [-0.15, -0.1) is 5.10 Å². The molecule has 12 heavy (non-hydrogen) atoms. The zero-order valence-corrected chi connectivity index (χ0v) is 6.79. The molecule has 62 valence electrons. The third-order valence-electron chi connectivity index (χ3n) is 1.58. The van der Waals surface area contributed by atoms with Gasteiger partial charge in [-0.2, -0.15) is 0 Å². The van der Waals surface area contributed by atoms with Gasteiger partial charge in [0.1, 0.15) is 12.4 Å². The van der Waals surface area contributed by atoms with E-state index in [-0.39, 0.29) is 0 Å². The molecule has 0 fully saturated rings. The van der Waals surface area contributed by atoms with Gasteiger partial charge in [-0.3, -0.25) is 0 Å². The van der Waals surface area contributed by atoms with Crippen LogP contribution in [-0.4, -0.2) is 14.8 Å². The van der Waals surface area contributed by atoms with Crippen LogP contribution >= 0.6 is 11.6 Å². The normalized spacial score (nSPS) is 10.8. The predicted molar refractivity (Wildman–Crippen MR) is 42.8 cm³/mol. The lowest BCUT2D eigenvalue weighted by Gasteiger charge is -1.92. The van der Waals surface area contributed by atoms with Crippen LogP contribution in [0.25, 0.3) is 5.52 Å². The van der Waals surface area contributed by atoms with Crippen molar-refractivity contribution in [3.8, 4) is 0 Å². The van der Waals surface area contributed by atoms with Crippen molar-refractivity contribution in [2.24, 2.45) is 0 Å². The lowest BCUT2D eigenvalue weighted by Crippen LogP contribution is -1.85. The Balaban J connectivity index is 2.75. The topological polar surface area (TPSA) is 30.2 Å². The maximum absolute atomic E-state index is 12.3. The summed E-state index contributed by atoms with van der Waals surface area (Å²) in [6, 6.07) is 3.31. The van der Waals surface area contributed by atoms with Crippen molar-refractivity contribution in [2.75, 3.05) is 0 Å². The van der Waals surface area contributed by atoms with Gasteiger partial charge in [0, 0.05) is 11.2 Å². The number of fused-ring (bicyclic) bond motifs is 1. The number of halogens is 2. The van der Waals surface area contributed by atoms with Gasteiger partial charge < -0.3 is 0 Å². The maximum Gasteiger partial charge on any atom is 0.136 e. The molecule has 2 heterocycles. The van der Waals surface area contributed by atoms with Gasteiger partial charge in [0.15, 0.2) is 0 Å². The van der Waals surface area contributed by atoms with Crippen LogP contribution in [0.3, 0.4) is 0 Å². The second-order valence-electron chi connectivity index (χ2n) is 2.34. The molecule has 0 saturated heterocycles. The van der Waals surface area contributed by atoms with Crippen LogP contribution < -0.4 is 0 Å². The second-order valence-corrected chi connectivity index (χ2v) is 2.78. The van der Waals surface area contributed by atoms with Crippen LogP contribution in [0, 0.1) is 0 Å². The highest BCUT2D eigenvalue weighted by atomic mass is 35.5. The van der Waals surface area contributed by atoms with Crippen molar-refractivity contribution >= 4 is 17.1 Å². The Kier molecular flexibility index (Phi) is 1.69. The van der Waals surface area contributed by atoms with Gasteiger partial charge in [-0.05, 0) is 12.1 Å². The fourth-order valence-corrected chi connectivity index (χ4v) is 1.17. The molecule has 3 nitrogen and oxygen atoms in total. The minimum absolute atomic E-state index is 0.317. The molecule has 0 aromatic carbocycles. The molecule has 0 radical (unpaired) electrons. The quantitative estimate of drug-likeness (QED) is 0.679. The van der Waals surface area contributed by atoms with E-state index in [1.807, 2.05) is 0 Å². The largest absolute Gasteiger partial charge is 0.244 e. The second kappa shape index (κ2) is 2.71. The first-order valence-electron chi connectivity index (χ1n) is 3.36. The molecule has 0 aliphatic heterocycles. The molecule has 0 aliphatic rings. The first-order valence-corrected chi connectivity index (χ1v) is 3.74. The van der Waals surface area contributed by atoms with Crippen LogP contribution in [0.4, 0.5) is 4.39 Å². The average Bonchev–Trinajstić information content (AvgIpc) is 2.46. The molecule has 0 bridgehead atoms. The highest BCUT2D eigenvalue weighted by Gasteiger charge is 2.04. The Morgan fingerprint density at radius 2 is 2.42 bits per heavy atom. The zero-order chi connectivity index (χ0) is 8.55. The first kappa shape index (κ1) is 7.49. The highest BCUT2D eigenvalue weighted by Crippen LogP contribution is 2.14. The van der Waals surface area contributed by atoms with Crippen LogP contribution in [-0.2, 0) is 6.67 Å². The third-order valence-corrected chi connectivity index (χ3v) is 1.82. The summed E-state index contributed by atoms with van der Waals surface area (Å²) in [6.45, 7) is -0.621. The summed E-state index contributed by atoms with van der Waals surface area (Å²) < 4.78 is 13.7. The van der Waals surface area contributed by atoms with Gasteiger partial charge in [0.2, 0.25) is 0 Å². The van der Waals surface area contributed by atoms with Crippen molar-refractivity contribution in [3.05, 3.63) is 29.0 Å². The summed E-state index contributed by atoms with van der Waals surface area (Å²) >= 11 is 5.71. The lowest BCUT2D eigenvalue weighted by molar-refractivity contribution is 0.477. The Labute approximate surface area is 72.8 Å². The van der Waals surface area contributed by atoms with E-state index in [0.29, 0.717) is 16.2 Å². The summed E-state index contributed by atoms with van der Waals surface area (Å²) in [5, 5.41) is 7.89. The molecule has 0 atom stereocenters. The number of aromatic nitrogens is 3. The Hall–Kier alpha value is -1.16. The number of hydrogen-bond donors (Lipinski definition) is 0.